The Morgan fingerprint density at radius 2 is 1.64 bits per heavy atom. The van der Waals surface area contributed by atoms with Crippen LogP contribution in [-0.2, 0) is 31.9 Å². The van der Waals surface area contributed by atoms with Gasteiger partial charge in [-0.3, -0.25) is 9.59 Å². The van der Waals surface area contributed by atoms with Gasteiger partial charge in [0, 0.05) is 11.3 Å². The number of benzene rings is 2. The van der Waals surface area contributed by atoms with Crippen molar-refractivity contribution in [2.24, 2.45) is 17.3 Å². The van der Waals surface area contributed by atoms with Gasteiger partial charge < -0.3 is 9.47 Å². The highest BCUT2D eigenvalue weighted by molar-refractivity contribution is 5.95. The van der Waals surface area contributed by atoms with Gasteiger partial charge in [-0.2, -0.15) is 5.26 Å². The van der Waals surface area contributed by atoms with E-state index in [1.807, 2.05) is 55.5 Å². The van der Waals surface area contributed by atoms with Gasteiger partial charge in [-0.1, -0.05) is 100 Å². The SMILES string of the molecule is CCCC[C@H](C(=O)N1C(=O)OC[C@H]1Cc1ccccc1)C(CCC)(CCCCc1ccccc1)C(C#N)C(=O)OCC. The summed E-state index contributed by atoms with van der Waals surface area (Å²) in [5.41, 5.74) is 1.26. The summed E-state index contributed by atoms with van der Waals surface area (Å²) in [6.45, 7) is 6.07. The highest BCUT2D eigenvalue weighted by atomic mass is 16.6. The maximum absolute atomic E-state index is 14.6. The van der Waals surface area contributed by atoms with Gasteiger partial charge in [0.25, 0.3) is 0 Å². The third-order valence-corrected chi connectivity index (χ3v) is 8.49. The third kappa shape index (κ3) is 8.21. The number of ether oxygens (including phenoxy) is 2. The molecule has 2 aromatic rings. The molecule has 0 aliphatic carbocycles. The fourth-order valence-corrected chi connectivity index (χ4v) is 6.50. The second kappa shape index (κ2) is 16.7. The summed E-state index contributed by atoms with van der Waals surface area (Å²) in [7, 11) is 0. The molecule has 0 saturated carbocycles. The van der Waals surface area contributed by atoms with E-state index in [1.54, 1.807) is 6.92 Å². The lowest BCUT2D eigenvalue weighted by molar-refractivity contribution is -0.156. The minimum Gasteiger partial charge on any atom is -0.465 e. The average Bonchev–Trinajstić information content (AvgIpc) is 3.36. The molecule has 0 radical (unpaired) electrons. The molecule has 1 saturated heterocycles. The summed E-state index contributed by atoms with van der Waals surface area (Å²) < 4.78 is 10.9. The molecule has 42 heavy (non-hydrogen) atoms. The molecule has 1 aliphatic heterocycles. The maximum atomic E-state index is 14.6. The lowest BCUT2D eigenvalue weighted by Gasteiger charge is -2.44. The van der Waals surface area contributed by atoms with Gasteiger partial charge in [0.2, 0.25) is 5.91 Å². The van der Waals surface area contributed by atoms with Crippen molar-refractivity contribution in [2.45, 2.75) is 91.0 Å². The van der Waals surface area contributed by atoms with E-state index < -0.39 is 35.4 Å². The summed E-state index contributed by atoms with van der Waals surface area (Å²) in [6, 6.07) is 21.8. The second-order valence-electron chi connectivity index (χ2n) is 11.3. The Labute approximate surface area is 251 Å². The van der Waals surface area contributed by atoms with Gasteiger partial charge in [-0.05, 0) is 56.6 Å². The van der Waals surface area contributed by atoms with Gasteiger partial charge in [0.1, 0.15) is 12.5 Å². The number of imide groups is 1. The summed E-state index contributed by atoms with van der Waals surface area (Å²) in [4.78, 5) is 42.4. The molecule has 0 N–H and O–H groups in total. The van der Waals surface area contributed by atoms with Gasteiger partial charge in [-0.25, -0.2) is 9.69 Å². The first-order valence-corrected chi connectivity index (χ1v) is 15.6. The van der Waals surface area contributed by atoms with E-state index in [9.17, 15) is 19.6 Å². The van der Waals surface area contributed by atoms with Gasteiger partial charge in [-0.15, -0.1) is 0 Å². The molecule has 4 atom stereocenters. The van der Waals surface area contributed by atoms with Crippen molar-refractivity contribution >= 4 is 18.0 Å². The molecule has 2 amide bonds. The Kier molecular flexibility index (Phi) is 13.1. The Hall–Kier alpha value is -3.66. The maximum Gasteiger partial charge on any atom is 0.416 e. The molecule has 2 aromatic carbocycles. The number of carbonyl (C=O) groups excluding carboxylic acids is 3. The predicted octanol–water partition coefficient (Wildman–Crippen LogP) is 7.29. The summed E-state index contributed by atoms with van der Waals surface area (Å²) >= 11 is 0. The Morgan fingerprint density at radius 1 is 0.976 bits per heavy atom. The van der Waals surface area contributed by atoms with Gasteiger partial charge >= 0.3 is 12.1 Å². The van der Waals surface area contributed by atoms with Crippen LogP contribution in [0, 0.1) is 28.6 Å². The molecule has 0 spiro atoms. The van der Waals surface area contributed by atoms with Crippen LogP contribution in [0.25, 0.3) is 0 Å². The Morgan fingerprint density at radius 3 is 2.24 bits per heavy atom. The van der Waals surface area contributed by atoms with Crippen molar-refractivity contribution in [3.05, 3.63) is 71.8 Å². The zero-order chi connectivity index (χ0) is 30.4. The van der Waals surface area contributed by atoms with Crippen LogP contribution in [-0.4, -0.2) is 42.1 Å². The number of nitrogens with zero attached hydrogens (tertiary/aromatic N) is 2. The van der Waals surface area contributed by atoms with Crippen LogP contribution >= 0.6 is 0 Å². The smallest absolute Gasteiger partial charge is 0.416 e. The molecule has 226 valence electrons. The van der Waals surface area contributed by atoms with Crippen LogP contribution < -0.4 is 0 Å². The zero-order valence-corrected chi connectivity index (χ0v) is 25.4. The molecular weight excluding hydrogens is 528 g/mol. The van der Waals surface area contributed by atoms with Crippen molar-refractivity contribution < 1.29 is 23.9 Å². The molecule has 0 bridgehead atoms. The molecule has 7 nitrogen and oxygen atoms in total. The van der Waals surface area contributed by atoms with Crippen LogP contribution in [0.1, 0.15) is 83.3 Å². The molecule has 1 aliphatic rings. The normalized spacial score (nSPS) is 17.5. The predicted molar refractivity (Wildman–Crippen MR) is 162 cm³/mol. The van der Waals surface area contributed by atoms with Crippen molar-refractivity contribution in [2.75, 3.05) is 13.2 Å². The summed E-state index contributed by atoms with van der Waals surface area (Å²) in [5.74, 6) is -2.75. The van der Waals surface area contributed by atoms with Gasteiger partial charge in [0.15, 0.2) is 0 Å². The first-order chi connectivity index (χ1) is 20.4. The minimum absolute atomic E-state index is 0.122. The lowest BCUT2D eigenvalue weighted by Crippen LogP contribution is -2.52. The Balaban J connectivity index is 2.00. The number of amides is 2. The molecule has 7 heteroatoms. The number of hydrogen-bond donors (Lipinski definition) is 0. The van der Waals surface area contributed by atoms with E-state index in [0.717, 1.165) is 37.7 Å². The van der Waals surface area contributed by atoms with Crippen molar-refractivity contribution in [1.82, 2.24) is 4.90 Å². The van der Waals surface area contributed by atoms with E-state index in [0.29, 0.717) is 32.1 Å². The zero-order valence-electron chi connectivity index (χ0n) is 25.4. The first-order valence-electron chi connectivity index (χ1n) is 15.6. The van der Waals surface area contributed by atoms with Crippen LogP contribution in [0.15, 0.2) is 60.7 Å². The fourth-order valence-electron chi connectivity index (χ4n) is 6.50. The number of carbonyl (C=O) groups is 3. The van der Waals surface area contributed by atoms with E-state index >= 15 is 0 Å². The number of unbranched alkanes of at least 4 members (excludes halogenated alkanes) is 2. The first kappa shape index (κ1) is 32.8. The van der Waals surface area contributed by atoms with Crippen LogP contribution in [0.3, 0.4) is 0 Å². The van der Waals surface area contributed by atoms with E-state index in [2.05, 4.69) is 25.1 Å². The summed E-state index contributed by atoms with van der Waals surface area (Å²) in [6.07, 6.45) is 6.04. The topological polar surface area (TPSA) is 96.7 Å². The molecule has 1 fully saturated rings. The van der Waals surface area contributed by atoms with E-state index in [4.69, 9.17) is 9.47 Å². The van der Waals surface area contributed by atoms with Crippen molar-refractivity contribution in [1.29, 1.82) is 5.26 Å². The number of nitriles is 1. The number of aryl methyl sites for hydroxylation is 1. The highest BCUT2D eigenvalue weighted by Gasteiger charge is 2.54. The molecular formula is C35H46N2O5. The third-order valence-electron chi connectivity index (χ3n) is 8.49. The molecule has 2 unspecified atom stereocenters. The fraction of sp³-hybridized carbons (Fsp3) is 0.543. The minimum atomic E-state index is -1.12. The molecule has 3 rings (SSSR count). The van der Waals surface area contributed by atoms with Gasteiger partial charge in [0.05, 0.1) is 18.7 Å². The second-order valence-corrected chi connectivity index (χ2v) is 11.3. The lowest BCUT2D eigenvalue weighted by atomic mass is 9.59. The van der Waals surface area contributed by atoms with E-state index in [-0.39, 0.29) is 19.1 Å². The van der Waals surface area contributed by atoms with Crippen LogP contribution in [0.2, 0.25) is 0 Å². The van der Waals surface area contributed by atoms with E-state index in [1.165, 1.54) is 10.5 Å². The number of esters is 1. The largest absolute Gasteiger partial charge is 0.465 e. The van der Waals surface area contributed by atoms with Crippen LogP contribution in [0.5, 0.6) is 0 Å². The van der Waals surface area contributed by atoms with Crippen molar-refractivity contribution in [3.8, 4) is 6.07 Å². The number of cyclic esters (lactones) is 1. The quantitative estimate of drug-likeness (QED) is 0.145. The molecule has 0 aromatic heterocycles. The van der Waals surface area contributed by atoms with Crippen LogP contribution in [0.4, 0.5) is 4.79 Å². The molecule has 1 heterocycles. The number of hydrogen-bond acceptors (Lipinski definition) is 6. The summed E-state index contributed by atoms with van der Waals surface area (Å²) in [5, 5.41) is 10.5. The highest BCUT2D eigenvalue weighted by Crippen LogP contribution is 2.49. The van der Waals surface area contributed by atoms with Crippen molar-refractivity contribution in [3.63, 3.8) is 0 Å². The Bertz CT molecular complexity index is 1180. The standard InChI is InChI=1S/C35H46N2O5/c1-4-7-21-30(32(38)37-29(26-42-34(37)40)24-28-19-12-9-13-20-28)35(22-5-2,31(25-36)33(39)41-6-3)23-15-14-18-27-16-10-8-11-17-27/h8-13,16-17,19-20,29-31H,4-7,14-15,18,21-24,26H2,1-3H3/t29-,30-,31?,35?/m1/s1. The number of rotatable bonds is 17. The monoisotopic (exact) mass is 574 g/mol. The average molecular weight is 575 g/mol.